The highest BCUT2D eigenvalue weighted by Gasteiger charge is 2.37. The highest BCUT2D eigenvalue weighted by molar-refractivity contribution is 5.90. The number of nitrogens with zero attached hydrogens (tertiary/aromatic N) is 1. The predicted octanol–water partition coefficient (Wildman–Crippen LogP) is 4.16. The lowest BCUT2D eigenvalue weighted by molar-refractivity contribution is 0.236. The van der Waals surface area contributed by atoms with E-state index in [9.17, 15) is 4.79 Å². The number of methoxy groups -OCH3 is 1. The highest BCUT2D eigenvalue weighted by atomic mass is 16.5. The van der Waals surface area contributed by atoms with Gasteiger partial charge in [-0.3, -0.25) is 0 Å². The fraction of sp³-hybridized carbons (Fsp3) is 0.300. The summed E-state index contributed by atoms with van der Waals surface area (Å²) in [4.78, 5) is 12.5. The first-order chi connectivity index (χ1) is 12.1. The molecule has 1 saturated carbocycles. The lowest BCUT2D eigenvalue weighted by atomic mass is 9.88. The second-order valence-electron chi connectivity index (χ2n) is 6.29. The number of amides is 2. The molecule has 2 aromatic carbocycles. The number of carbonyl (C=O) groups is 1. The van der Waals surface area contributed by atoms with E-state index < -0.39 is 0 Å². The van der Waals surface area contributed by atoms with E-state index >= 15 is 0 Å². The molecule has 1 aliphatic rings. The van der Waals surface area contributed by atoms with Crippen LogP contribution in [-0.2, 0) is 5.54 Å². The summed E-state index contributed by atoms with van der Waals surface area (Å²) in [5, 5.41) is 15.0. The van der Waals surface area contributed by atoms with Gasteiger partial charge >= 0.3 is 6.03 Å². The predicted molar refractivity (Wildman–Crippen MR) is 96.5 cm³/mol. The van der Waals surface area contributed by atoms with E-state index in [0.29, 0.717) is 11.3 Å². The maximum Gasteiger partial charge on any atom is 0.319 e. The van der Waals surface area contributed by atoms with E-state index in [1.165, 1.54) is 0 Å². The first-order valence-corrected chi connectivity index (χ1v) is 8.39. The van der Waals surface area contributed by atoms with Gasteiger partial charge in [-0.1, -0.05) is 31.0 Å². The van der Waals surface area contributed by atoms with Crippen LogP contribution in [0.4, 0.5) is 10.5 Å². The SMILES string of the molecule is COc1ccc(C2(NC(=O)Nc3cccc(C#N)c3)CCCC2)cc1. The van der Waals surface area contributed by atoms with Gasteiger partial charge < -0.3 is 15.4 Å². The van der Waals surface area contributed by atoms with Gasteiger partial charge in [0.1, 0.15) is 5.75 Å². The van der Waals surface area contributed by atoms with Crippen LogP contribution in [0.3, 0.4) is 0 Å². The molecular weight excluding hydrogens is 314 g/mol. The number of hydrogen-bond acceptors (Lipinski definition) is 3. The van der Waals surface area contributed by atoms with E-state index in [2.05, 4.69) is 16.7 Å². The van der Waals surface area contributed by atoms with Crippen molar-refractivity contribution in [2.45, 2.75) is 31.2 Å². The minimum absolute atomic E-state index is 0.257. The molecule has 0 heterocycles. The Labute approximate surface area is 147 Å². The number of hydrogen-bond donors (Lipinski definition) is 2. The number of urea groups is 1. The van der Waals surface area contributed by atoms with Crippen LogP contribution in [0.1, 0.15) is 36.8 Å². The Balaban J connectivity index is 1.76. The van der Waals surface area contributed by atoms with Crippen LogP contribution < -0.4 is 15.4 Å². The first kappa shape index (κ1) is 16.8. The fourth-order valence-corrected chi connectivity index (χ4v) is 3.42. The summed E-state index contributed by atoms with van der Waals surface area (Å²) in [6.45, 7) is 0. The summed E-state index contributed by atoms with van der Waals surface area (Å²) in [6.07, 6.45) is 3.97. The Hall–Kier alpha value is -3.00. The quantitative estimate of drug-likeness (QED) is 0.881. The largest absolute Gasteiger partial charge is 0.497 e. The zero-order valence-corrected chi connectivity index (χ0v) is 14.2. The normalized spacial score (nSPS) is 15.2. The van der Waals surface area contributed by atoms with Crippen LogP contribution in [0.25, 0.3) is 0 Å². The molecule has 1 aliphatic carbocycles. The van der Waals surface area contributed by atoms with Crippen molar-refractivity contribution in [3.05, 3.63) is 59.7 Å². The van der Waals surface area contributed by atoms with Crippen LogP contribution in [0.5, 0.6) is 5.75 Å². The molecule has 0 aliphatic heterocycles. The lowest BCUT2D eigenvalue weighted by Crippen LogP contribution is -2.45. The molecule has 5 nitrogen and oxygen atoms in total. The molecule has 5 heteroatoms. The van der Waals surface area contributed by atoms with Gasteiger partial charge in [0.15, 0.2) is 0 Å². The summed E-state index contributed by atoms with van der Waals surface area (Å²) in [6, 6.07) is 16.6. The number of rotatable bonds is 4. The number of carbonyl (C=O) groups excluding carboxylic acids is 1. The molecule has 0 aromatic heterocycles. The van der Waals surface area contributed by atoms with Crippen molar-refractivity contribution < 1.29 is 9.53 Å². The smallest absolute Gasteiger partial charge is 0.319 e. The fourth-order valence-electron chi connectivity index (χ4n) is 3.42. The molecule has 0 unspecified atom stereocenters. The molecule has 0 spiro atoms. The van der Waals surface area contributed by atoms with Crippen LogP contribution >= 0.6 is 0 Å². The van der Waals surface area contributed by atoms with Crippen LogP contribution in [0, 0.1) is 11.3 Å². The second-order valence-corrected chi connectivity index (χ2v) is 6.29. The average molecular weight is 335 g/mol. The molecule has 0 saturated heterocycles. The third-order valence-corrected chi connectivity index (χ3v) is 4.70. The maximum atomic E-state index is 12.5. The molecule has 0 bridgehead atoms. The molecule has 0 radical (unpaired) electrons. The molecule has 1 fully saturated rings. The van der Waals surface area contributed by atoms with Crippen molar-refractivity contribution in [2.75, 3.05) is 12.4 Å². The van der Waals surface area contributed by atoms with Crippen LogP contribution in [0.15, 0.2) is 48.5 Å². The zero-order valence-electron chi connectivity index (χ0n) is 14.2. The zero-order chi connectivity index (χ0) is 17.7. The van der Waals surface area contributed by atoms with Crippen LogP contribution in [0.2, 0.25) is 0 Å². The molecule has 3 rings (SSSR count). The number of benzene rings is 2. The molecule has 128 valence electrons. The van der Waals surface area contributed by atoms with Crippen molar-refractivity contribution >= 4 is 11.7 Å². The van der Waals surface area contributed by atoms with Crippen molar-refractivity contribution in [1.82, 2.24) is 5.32 Å². The summed E-state index contributed by atoms with van der Waals surface area (Å²) in [7, 11) is 1.64. The Morgan fingerprint density at radius 3 is 2.52 bits per heavy atom. The number of nitriles is 1. The summed E-state index contributed by atoms with van der Waals surface area (Å²) in [5.74, 6) is 0.801. The molecule has 2 N–H and O–H groups in total. The van der Waals surface area contributed by atoms with Gasteiger partial charge in [-0.25, -0.2) is 4.79 Å². The van der Waals surface area contributed by atoms with Gasteiger partial charge in [-0.2, -0.15) is 5.26 Å². The van der Waals surface area contributed by atoms with Crippen molar-refractivity contribution in [2.24, 2.45) is 0 Å². The average Bonchev–Trinajstić information content (AvgIpc) is 3.11. The number of ether oxygens (including phenoxy) is 1. The van der Waals surface area contributed by atoms with Gasteiger partial charge in [0.25, 0.3) is 0 Å². The second kappa shape index (κ2) is 7.27. The van der Waals surface area contributed by atoms with Crippen molar-refractivity contribution in [3.63, 3.8) is 0 Å². The summed E-state index contributed by atoms with van der Waals surface area (Å²) in [5.41, 5.74) is 1.86. The summed E-state index contributed by atoms with van der Waals surface area (Å²) >= 11 is 0. The standard InChI is InChI=1S/C20H21N3O2/c1-25-18-9-7-16(8-10-18)20(11-2-3-12-20)23-19(24)22-17-6-4-5-15(13-17)14-21/h4-10,13H,2-3,11-12H2,1H3,(H2,22,23,24). The minimum atomic E-state index is -0.358. The van der Waals surface area contributed by atoms with Crippen molar-refractivity contribution in [1.29, 1.82) is 5.26 Å². The van der Waals surface area contributed by atoms with Gasteiger partial charge in [-0.05, 0) is 48.7 Å². The van der Waals surface area contributed by atoms with E-state index in [-0.39, 0.29) is 11.6 Å². The lowest BCUT2D eigenvalue weighted by Gasteiger charge is -2.31. The monoisotopic (exact) mass is 335 g/mol. The van der Waals surface area contributed by atoms with Gasteiger partial charge in [-0.15, -0.1) is 0 Å². The van der Waals surface area contributed by atoms with Gasteiger partial charge in [0.2, 0.25) is 0 Å². The molecule has 25 heavy (non-hydrogen) atoms. The Bertz CT molecular complexity index is 787. The van der Waals surface area contributed by atoms with E-state index in [1.807, 2.05) is 24.3 Å². The Kier molecular flexibility index (Phi) is 4.90. The topological polar surface area (TPSA) is 74.2 Å². The minimum Gasteiger partial charge on any atom is -0.497 e. The number of anilines is 1. The molecule has 0 atom stereocenters. The highest BCUT2D eigenvalue weighted by Crippen LogP contribution is 2.39. The first-order valence-electron chi connectivity index (χ1n) is 8.39. The Morgan fingerprint density at radius 2 is 1.88 bits per heavy atom. The van der Waals surface area contributed by atoms with Crippen molar-refractivity contribution in [3.8, 4) is 11.8 Å². The van der Waals surface area contributed by atoms with Crippen LogP contribution in [-0.4, -0.2) is 13.1 Å². The third-order valence-electron chi connectivity index (χ3n) is 4.70. The third kappa shape index (κ3) is 3.74. The molecule has 2 amide bonds. The van der Waals surface area contributed by atoms with Gasteiger partial charge in [0.05, 0.1) is 24.3 Å². The Morgan fingerprint density at radius 1 is 1.16 bits per heavy atom. The van der Waals surface area contributed by atoms with E-state index in [4.69, 9.17) is 10.00 Å². The molecular formula is C20H21N3O2. The van der Waals surface area contributed by atoms with E-state index in [1.54, 1.807) is 31.4 Å². The molecule has 2 aromatic rings. The summed E-state index contributed by atoms with van der Waals surface area (Å²) < 4.78 is 5.22. The van der Waals surface area contributed by atoms with Gasteiger partial charge in [0, 0.05) is 5.69 Å². The van der Waals surface area contributed by atoms with E-state index in [0.717, 1.165) is 37.0 Å². The maximum absolute atomic E-state index is 12.5. The number of nitrogens with one attached hydrogen (secondary N) is 2.